The molecule has 0 aliphatic heterocycles. The van der Waals surface area contributed by atoms with Crippen LogP contribution in [0.5, 0.6) is 0 Å². The molecule has 1 aromatic rings. The monoisotopic (exact) mass is 256 g/mol. The fraction of sp³-hybridized carbons (Fsp3) is 0.692. The molecule has 0 amide bonds. The zero-order valence-electron chi connectivity index (χ0n) is 10.8. The Kier molecular flexibility index (Phi) is 6.73. The molecule has 17 heavy (non-hydrogen) atoms. The Labute approximate surface area is 108 Å². The molecule has 0 spiro atoms. The number of aliphatic hydroxyl groups excluding tert-OH is 1. The number of unbranched alkanes of at least 4 members (excludes halogenated alkanes) is 1. The lowest BCUT2D eigenvalue weighted by Crippen LogP contribution is -2.41. The Balaban J connectivity index is 2.77. The molecule has 0 aliphatic carbocycles. The predicted octanol–water partition coefficient (Wildman–Crippen LogP) is 2.23. The van der Waals surface area contributed by atoms with Crippen LogP contribution in [-0.2, 0) is 0 Å². The Morgan fingerprint density at radius 3 is 2.71 bits per heavy atom. The van der Waals surface area contributed by atoms with Gasteiger partial charge in [0.25, 0.3) is 0 Å². The molecule has 0 aliphatic rings. The van der Waals surface area contributed by atoms with Crippen molar-refractivity contribution in [3.05, 3.63) is 22.4 Å². The van der Waals surface area contributed by atoms with E-state index in [9.17, 15) is 5.11 Å². The number of rotatable bonds is 8. The van der Waals surface area contributed by atoms with Crippen molar-refractivity contribution in [2.45, 2.75) is 38.8 Å². The van der Waals surface area contributed by atoms with Gasteiger partial charge in [0.15, 0.2) is 0 Å². The third-order valence-electron chi connectivity index (χ3n) is 2.91. The molecular weight excluding hydrogens is 232 g/mol. The number of nitrogens with two attached hydrogens (primary N) is 1. The van der Waals surface area contributed by atoms with E-state index < -0.39 is 0 Å². The zero-order chi connectivity index (χ0) is 12.7. The average Bonchev–Trinajstić information content (AvgIpc) is 2.79. The van der Waals surface area contributed by atoms with Crippen LogP contribution in [0.3, 0.4) is 0 Å². The number of hydrogen-bond acceptors (Lipinski definition) is 4. The molecule has 2 atom stereocenters. The summed E-state index contributed by atoms with van der Waals surface area (Å²) < 4.78 is 0. The first kappa shape index (κ1) is 14.6. The van der Waals surface area contributed by atoms with Crippen molar-refractivity contribution in [2.24, 2.45) is 5.73 Å². The number of thiophene rings is 1. The van der Waals surface area contributed by atoms with Crippen molar-refractivity contribution in [1.82, 2.24) is 4.90 Å². The predicted molar refractivity (Wildman–Crippen MR) is 74.3 cm³/mol. The first-order chi connectivity index (χ1) is 8.20. The van der Waals surface area contributed by atoms with Gasteiger partial charge in [-0.3, -0.25) is 4.90 Å². The van der Waals surface area contributed by atoms with E-state index in [0.717, 1.165) is 19.4 Å². The molecule has 0 radical (unpaired) electrons. The summed E-state index contributed by atoms with van der Waals surface area (Å²) in [5.41, 5.74) is 6.11. The summed E-state index contributed by atoms with van der Waals surface area (Å²) in [6.07, 6.45) is 2.31. The Hall–Kier alpha value is -0.420. The molecule has 1 aromatic heterocycles. The Bertz CT molecular complexity index is 288. The van der Waals surface area contributed by atoms with Crippen molar-refractivity contribution < 1.29 is 5.11 Å². The minimum absolute atomic E-state index is 0.0806. The normalized spacial score (nSPS) is 15.1. The highest BCUT2D eigenvalue weighted by Crippen LogP contribution is 2.27. The van der Waals surface area contributed by atoms with Crippen molar-refractivity contribution in [2.75, 3.05) is 19.7 Å². The van der Waals surface area contributed by atoms with Crippen LogP contribution >= 0.6 is 11.3 Å². The second-order valence-corrected chi connectivity index (χ2v) is 5.41. The summed E-state index contributed by atoms with van der Waals surface area (Å²) in [5, 5.41) is 11.3. The smallest absolute Gasteiger partial charge is 0.0591 e. The molecule has 0 bridgehead atoms. The van der Waals surface area contributed by atoms with Gasteiger partial charge in [0.1, 0.15) is 0 Å². The number of aliphatic hydroxyl groups is 1. The van der Waals surface area contributed by atoms with Crippen LogP contribution in [-0.4, -0.2) is 35.7 Å². The van der Waals surface area contributed by atoms with Gasteiger partial charge in [-0.05, 0) is 31.3 Å². The highest BCUT2D eigenvalue weighted by atomic mass is 32.1. The van der Waals surface area contributed by atoms with Crippen LogP contribution in [0.2, 0.25) is 0 Å². The van der Waals surface area contributed by atoms with E-state index in [2.05, 4.69) is 29.3 Å². The number of nitrogens with zero attached hydrogens (tertiary/aromatic N) is 1. The van der Waals surface area contributed by atoms with E-state index in [-0.39, 0.29) is 18.7 Å². The van der Waals surface area contributed by atoms with Crippen LogP contribution in [0.15, 0.2) is 17.5 Å². The summed E-state index contributed by atoms with van der Waals surface area (Å²) in [6.45, 7) is 6.12. The van der Waals surface area contributed by atoms with E-state index in [4.69, 9.17) is 5.73 Å². The largest absolute Gasteiger partial charge is 0.395 e. The molecular formula is C13H24N2OS. The van der Waals surface area contributed by atoms with Gasteiger partial charge in [-0.15, -0.1) is 11.3 Å². The molecule has 1 rings (SSSR count). The third-order valence-corrected chi connectivity index (χ3v) is 3.86. The van der Waals surface area contributed by atoms with Crippen LogP contribution in [0.25, 0.3) is 0 Å². The lowest BCUT2D eigenvalue weighted by atomic mass is 10.1. The quantitative estimate of drug-likeness (QED) is 0.750. The van der Waals surface area contributed by atoms with E-state index in [0.29, 0.717) is 6.54 Å². The van der Waals surface area contributed by atoms with Gasteiger partial charge in [-0.1, -0.05) is 19.4 Å². The van der Waals surface area contributed by atoms with Gasteiger partial charge in [0.05, 0.1) is 12.6 Å². The highest BCUT2D eigenvalue weighted by molar-refractivity contribution is 7.10. The van der Waals surface area contributed by atoms with Gasteiger partial charge in [-0.2, -0.15) is 0 Å². The molecule has 0 fully saturated rings. The molecule has 2 unspecified atom stereocenters. The van der Waals surface area contributed by atoms with Crippen molar-refractivity contribution in [3.8, 4) is 0 Å². The SMILES string of the molecule is CCCCN(CCO)C(c1cccs1)C(C)N. The minimum Gasteiger partial charge on any atom is -0.395 e. The lowest BCUT2D eigenvalue weighted by Gasteiger charge is -2.33. The second kappa shape index (κ2) is 7.82. The fourth-order valence-corrected chi connectivity index (χ4v) is 3.09. The Morgan fingerprint density at radius 2 is 2.24 bits per heavy atom. The Morgan fingerprint density at radius 1 is 1.47 bits per heavy atom. The van der Waals surface area contributed by atoms with E-state index >= 15 is 0 Å². The molecule has 4 heteroatoms. The summed E-state index contributed by atoms with van der Waals surface area (Å²) >= 11 is 1.74. The first-order valence-corrected chi connectivity index (χ1v) is 7.22. The average molecular weight is 256 g/mol. The second-order valence-electron chi connectivity index (χ2n) is 4.43. The maximum atomic E-state index is 9.19. The molecule has 98 valence electrons. The minimum atomic E-state index is 0.0806. The number of hydrogen-bond donors (Lipinski definition) is 2. The maximum Gasteiger partial charge on any atom is 0.0591 e. The third kappa shape index (κ3) is 4.39. The van der Waals surface area contributed by atoms with Gasteiger partial charge in [0.2, 0.25) is 0 Å². The van der Waals surface area contributed by atoms with Gasteiger partial charge < -0.3 is 10.8 Å². The fourth-order valence-electron chi connectivity index (χ4n) is 2.11. The summed E-state index contributed by atoms with van der Waals surface area (Å²) in [6, 6.07) is 4.51. The molecule has 1 heterocycles. The van der Waals surface area contributed by atoms with Gasteiger partial charge in [0, 0.05) is 17.5 Å². The molecule has 0 aromatic carbocycles. The first-order valence-electron chi connectivity index (χ1n) is 6.34. The standard InChI is InChI=1S/C13H24N2OS/c1-3-4-7-15(8-9-16)13(11(2)14)12-6-5-10-17-12/h5-6,10-11,13,16H,3-4,7-9,14H2,1-2H3. The van der Waals surface area contributed by atoms with Crippen LogP contribution < -0.4 is 5.73 Å². The van der Waals surface area contributed by atoms with E-state index in [1.807, 2.05) is 6.92 Å². The van der Waals surface area contributed by atoms with Gasteiger partial charge in [-0.25, -0.2) is 0 Å². The highest BCUT2D eigenvalue weighted by Gasteiger charge is 2.24. The van der Waals surface area contributed by atoms with Crippen LogP contribution in [0, 0.1) is 0 Å². The van der Waals surface area contributed by atoms with Crippen LogP contribution in [0.4, 0.5) is 0 Å². The van der Waals surface area contributed by atoms with Crippen molar-refractivity contribution >= 4 is 11.3 Å². The maximum absolute atomic E-state index is 9.19. The van der Waals surface area contributed by atoms with Crippen LogP contribution in [0.1, 0.15) is 37.6 Å². The topological polar surface area (TPSA) is 49.5 Å². The molecule has 0 saturated heterocycles. The molecule has 0 saturated carbocycles. The molecule has 3 N–H and O–H groups in total. The van der Waals surface area contributed by atoms with Crippen molar-refractivity contribution in [3.63, 3.8) is 0 Å². The summed E-state index contributed by atoms with van der Waals surface area (Å²) in [4.78, 5) is 3.60. The van der Waals surface area contributed by atoms with E-state index in [1.165, 1.54) is 4.88 Å². The zero-order valence-corrected chi connectivity index (χ0v) is 11.6. The summed E-state index contributed by atoms with van der Waals surface area (Å²) in [7, 11) is 0. The molecule has 3 nitrogen and oxygen atoms in total. The van der Waals surface area contributed by atoms with Gasteiger partial charge >= 0.3 is 0 Å². The lowest BCUT2D eigenvalue weighted by molar-refractivity contribution is 0.137. The summed E-state index contributed by atoms with van der Waals surface area (Å²) in [5.74, 6) is 0. The van der Waals surface area contributed by atoms with Crippen molar-refractivity contribution in [1.29, 1.82) is 0 Å². The van der Waals surface area contributed by atoms with E-state index in [1.54, 1.807) is 11.3 Å².